The summed E-state index contributed by atoms with van der Waals surface area (Å²) in [5.74, 6) is 0.931. The molecule has 0 aromatic heterocycles. The standard InChI is InChI=1S/C21H26O4/c1-19-6-3-13(22)11-17(19)18(23)12-14-15(19)4-7-20(2)16(14)5-8-21(20)24-9-10-25-21/h3,6,11,14-16H,4-5,7-10,12H2,1-2H3/t14-,15+,16+,19-,20+/m1/s1. The fourth-order valence-electron chi connectivity index (χ4n) is 6.92. The molecule has 5 aliphatic rings. The van der Waals surface area contributed by atoms with Gasteiger partial charge in [0.25, 0.3) is 0 Å². The summed E-state index contributed by atoms with van der Waals surface area (Å²) >= 11 is 0. The molecule has 4 nitrogen and oxygen atoms in total. The molecule has 0 aromatic carbocycles. The topological polar surface area (TPSA) is 52.6 Å². The molecule has 4 fully saturated rings. The van der Waals surface area contributed by atoms with Crippen molar-refractivity contribution in [2.24, 2.45) is 28.6 Å². The van der Waals surface area contributed by atoms with E-state index < -0.39 is 5.79 Å². The predicted octanol–water partition coefficient (Wildman–Crippen LogP) is 3.22. The van der Waals surface area contributed by atoms with Gasteiger partial charge in [-0.15, -0.1) is 0 Å². The number of Topliss-reactive ketones (excluding diaryl/α,β-unsaturated/α-hetero) is 1. The highest BCUT2D eigenvalue weighted by Crippen LogP contribution is 2.67. The molecule has 1 spiro atoms. The Morgan fingerprint density at radius 1 is 1.04 bits per heavy atom. The van der Waals surface area contributed by atoms with Crippen molar-refractivity contribution in [3.05, 3.63) is 23.8 Å². The average Bonchev–Trinajstić information content (AvgIpc) is 3.17. The number of rotatable bonds is 0. The van der Waals surface area contributed by atoms with E-state index in [4.69, 9.17) is 9.47 Å². The lowest BCUT2D eigenvalue weighted by Crippen LogP contribution is -2.56. The molecule has 1 saturated heterocycles. The summed E-state index contributed by atoms with van der Waals surface area (Å²) in [6, 6.07) is 0. The number of allylic oxidation sites excluding steroid dienone is 4. The van der Waals surface area contributed by atoms with Crippen LogP contribution in [0.4, 0.5) is 0 Å². The first-order chi connectivity index (χ1) is 11.9. The van der Waals surface area contributed by atoms with E-state index in [0.29, 0.717) is 37.4 Å². The predicted molar refractivity (Wildman–Crippen MR) is 91.6 cm³/mol. The van der Waals surface area contributed by atoms with Crippen molar-refractivity contribution in [3.8, 4) is 0 Å². The second kappa shape index (κ2) is 4.92. The van der Waals surface area contributed by atoms with Gasteiger partial charge in [-0.25, -0.2) is 0 Å². The van der Waals surface area contributed by atoms with Crippen LogP contribution in [-0.4, -0.2) is 30.6 Å². The zero-order valence-corrected chi connectivity index (χ0v) is 15.0. The van der Waals surface area contributed by atoms with Crippen LogP contribution in [0.15, 0.2) is 23.8 Å². The summed E-state index contributed by atoms with van der Waals surface area (Å²) < 4.78 is 12.3. The Balaban J connectivity index is 1.55. The molecule has 1 aliphatic heterocycles. The molecule has 3 saturated carbocycles. The highest BCUT2D eigenvalue weighted by atomic mass is 16.7. The maximum absolute atomic E-state index is 12.9. The minimum atomic E-state index is -0.429. The monoisotopic (exact) mass is 342 g/mol. The molecule has 25 heavy (non-hydrogen) atoms. The van der Waals surface area contributed by atoms with Gasteiger partial charge in [-0.1, -0.05) is 19.9 Å². The number of hydrogen-bond acceptors (Lipinski definition) is 4. The van der Waals surface area contributed by atoms with Crippen molar-refractivity contribution in [3.63, 3.8) is 0 Å². The van der Waals surface area contributed by atoms with E-state index in [1.54, 1.807) is 12.2 Å². The highest BCUT2D eigenvalue weighted by Gasteiger charge is 2.67. The van der Waals surface area contributed by atoms with Crippen molar-refractivity contribution in [2.45, 2.75) is 51.7 Å². The van der Waals surface area contributed by atoms with Gasteiger partial charge in [-0.05, 0) is 49.2 Å². The van der Waals surface area contributed by atoms with Crippen molar-refractivity contribution >= 4 is 11.6 Å². The third kappa shape index (κ3) is 1.85. The van der Waals surface area contributed by atoms with Crippen LogP contribution in [0.25, 0.3) is 0 Å². The molecule has 0 aromatic rings. The zero-order chi connectivity index (χ0) is 17.4. The van der Waals surface area contributed by atoms with E-state index in [-0.39, 0.29) is 22.4 Å². The van der Waals surface area contributed by atoms with Crippen LogP contribution in [-0.2, 0) is 19.1 Å². The van der Waals surface area contributed by atoms with Gasteiger partial charge in [0.2, 0.25) is 0 Å². The Morgan fingerprint density at radius 3 is 2.52 bits per heavy atom. The number of ether oxygens (including phenoxy) is 2. The van der Waals surface area contributed by atoms with Crippen molar-refractivity contribution in [1.82, 2.24) is 0 Å². The molecule has 0 unspecified atom stereocenters. The Morgan fingerprint density at radius 2 is 1.76 bits per heavy atom. The Kier molecular flexibility index (Phi) is 3.14. The van der Waals surface area contributed by atoms with Gasteiger partial charge in [-0.2, -0.15) is 0 Å². The molecule has 134 valence electrons. The van der Waals surface area contributed by atoms with Crippen LogP contribution in [0.5, 0.6) is 0 Å². The highest BCUT2D eigenvalue weighted by molar-refractivity contribution is 6.10. The molecule has 0 radical (unpaired) electrons. The minimum Gasteiger partial charge on any atom is -0.347 e. The normalized spacial score (nSPS) is 47.4. The van der Waals surface area contributed by atoms with Crippen molar-refractivity contribution in [2.75, 3.05) is 13.2 Å². The Hall–Kier alpha value is -1.26. The number of fused-ring (bicyclic) bond motifs is 6. The van der Waals surface area contributed by atoms with E-state index in [2.05, 4.69) is 13.8 Å². The van der Waals surface area contributed by atoms with Crippen LogP contribution in [0, 0.1) is 28.6 Å². The molecule has 0 N–H and O–H groups in total. The van der Waals surface area contributed by atoms with E-state index in [9.17, 15) is 9.59 Å². The van der Waals surface area contributed by atoms with Gasteiger partial charge in [0.1, 0.15) is 0 Å². The largest absolute Gasteiger partial charge is 0.347 e. The SMILES string of the molecule is C[C@]12C=CC(=O)C=C1C(=O)C[C@@H]1[C@@H]2CC[C@@]2(C)[C@H]1CCC21OCCO1. The summed E-state index contributed by atoms with van der Waals surface area (Å²) in [7, 11) is 0. The first-order valence-corrected chi connectivity index (χ1v) is 9.66. The zero-order valence-electron chi connectivity index (χ0n) is 15.0. The summed E-state index contributed by atoms with van der Waals surface area (Å²) in [5.41, 5.74) is 0.449. The van der Waals surface area contributed by atoms with Gasteiger partial charge in [0.15, 0.2) is 17.4 Å². The molecule has 0 amide bonds. The van der Waals surface area contributed by atoms with Crippen LogP contribution < -0.4 is 0 Å². The fraction of sp³-hybridized carbons (Fsp3) is 0.714. The van der Waals surface area contributed by atoms with Crippen LogP contribution in [0.3, 0.4) is 0 Å². The van der Waals surface area contributed by atoms with Crippen LogP contribution >= 0.6 is 0 Å². The third-order valence-electron chi connectivity index (χ3n) is 8.19. The first kappa shape index (κ1) is 16.0. The molecule has 5 rings (SSSR count). The van der Waals surface area contributed by atoms with Crippen molar-refractivity contribution in [1.29, 1.82) is 0 Å². The van der Waals surface area contributed by atoms with Gasteiger partial charge >= 0.3 is 0 Å². The number of hydrogen-bond donors (Lipinski definition) is 0. The Labute approximate surface area is 148 Å². The van der Waals surface area contributed by atoms with Gasteiger partial charge in [0.05, 0.1) is 13.2 Å². The smallest absolute Gasteiger partial charge is 0.178 e. The molecule has 5 atom stereocenters. The van der Waals surface area contributed by atoms with Gasteiger partial charge < -0.3 is 9.47 Å². The minimum absolute atomic E-state index is 0.00325. The summed E-state index contributed by atoms with van der Waals surface area (Å²) in [4.78, 5) is 24.7. The summed E-state index contributed by atoms with van der Waals surface area (Å²) in [5, 5.41) is 0. The lowest BCUT2D eigenvalue weighted by Gasteiger charge is -2.57. The number of carbonyl (C=O) groups excluding carboxylic acids is 2. The molecular weight excluding hydrogens is 316 g/mol. The van der Waals surface area contributed by atoms with Gasteiger partial charge in [0, 0.05) is 29.2 Å². The van der Waals surface area contributed by atoms with E-state index in [1.807, 2.05) is 6.08 Å². The van der Waals surface area contributed by atoms with Gasteiger partial charge in [-0.3, -0.25) is 9.59 Å². The van der Waals surface area contributed by atoms with E-state index in [0.717, 1.165) is 31.3 Å². The van der Waals surface area contributed by atoms with Crippen molar-refractivity contribution < 1.29 is 19.1 Å². The lowest BCUT2D eigenvalue weighted by atomic mass is 9.48. The van der Waals surface area contributed by atoms with Crippen LogP contribution in [0.2, 0.25) is 0 Å². The molecule has 4 heteroatoms. The van der Waals surface area contributed by atoms with Crippen LogP contribution in [0.1, 0.15) is 46.0 Å². The molecule has 1 heterocycles. The number of carbonyl (C=O) groups is 2. The third-order valence-corrected chi connectivity index (χ3v) is 8.19. The lowest BCUT2D eigenvalue weighted by molar-refractivity contribution is -0.241. The quantitative estimate of drug-likeness (QED) is 0.678. The van der Waals surface area contributed by atoms with E-state index >= 15 is 0 Å². The fourth-order valence-corrected chi connectivity index (χ4v) is 6.92. The summed E-state index contributed by atoms with van der Waals surface area (Å²) in [6.07, 6.45) is 9.97. The molecular formula is C21H26O4. The Bertz CT molecular complexity index is 713. The second-order valence-electron chi connectivity index (χ2n) is 9.03. The second-order valence-corrected chi connectivity index (χ2v) is 9.03. The average molecular weight is 342 g/mol. The maximum atomic E-state index is 12.9. The molecule has 4 aliphatic carbocycles. The summed E-state index contributed by atoms with van der Waals surface area (Å²) in [6.45, 7) is 5.85. The molecule has 0 bridgehead atoms. The maximum Gasteiger partial charge on any atom is 0.178 e. The number of ketones is 2. The first-order valence-electron chi connectivity index (χ1n) is 9.66. The van der Waals surface area contributed by atoms with E-state index in [1.165, 1.54) is 0 Å².